The second-order valence-corrected chi connectivity index (χ2v) is 7.18. The summed E-state index contributed by atoms with van der Waals surface area (Å²) in [6.45, 7) is 1.20. The Hall–Kier alpha value is -3.06. The van der Waals surface area contributed by atoms with Crippen molar-refractivity contribution in [2.24, 2.45) is 0 Å². The number of amides is 2. The van der Waals surface area contributed by atoms with Gasteiger partial charge < -0.3 is 24.8 Å². The van der Waals surface area contributed by atoms with E-state index in [0.717, 1.165) is 30.7 Å². The van der Waals surface area contributed by atoms with Gasteiger partial charge in [-0.25, -0.2) is 0 Å². The maximum atomic E-state index is 12.2. The topological polar surface area (TPSA) is 85.9 Å². The van der Waals surface area contributed by atoms with E-state index < -0.39 is 0 Å². The molecule has 0 unspecified atom stereocenters. The molecule has 0 aromatic heterocycles. The maximum Gasteiger partial charge on any atom is 0.262 e. The number of ether oxygens (including phenoxy) is 3. The fourth-order valence-electron chi connectivity index (χ4n) is 3.42. The van der Waals surface area contributed by atoms with Crippen LogP contribution in [0.25, 0.3) is 0 Å². The van der Waals surface area contributed by atoms with Crippen molar-refractivity contribution in [1.82, 2.24) is 0 Å². The average Bonchev–Trinajstić information content (AvgIpc) is 3.25. The Balaban J connectivity index is 1.27. The number of benzene rings is 2. The summed E-state index contributed by atoms with van der Waals surface area (Å²) in [7, 11) is 0. The van der Waals surface area contributed by atoms with Gasteiger partial charge in [0.15, 0.2) is 6.61 Å². The minimum Gasteiger partial charge on any atom is -0.491 e. The van der Waals surface area contributed by atoms with E-state index in [9.17, 15) is 9.59 Å². The molecule has 7 nitrogen and oxygen atoms in total. The second-order valence-electron chi connectivity index (χ2n) is 7.18. The molecule has 1 atom stereocenters. The van der Waals surface area contributed by atoms with Crippen LogP contribution in [0.5, 0.6) is 11.5 Å². The van der Waals surface area contributed by atoms with Crippen LogP contribution in [-0.2, 0) is 20.7 Å². The Morgan fingerprint density at radius 2 is 2.03 bits per heavy atom. The summed E-state index contributed by atoms with van der Waals surface area (Å²) in [5.41, 5.74) is 2.47. The quantitative estimate of drug-likeness (QED) is 0.751. The highest BCUT2D eigenvalue weighted by molar-refractivity contribution is 5.94. The number of hydrogen-bond acceptors (Lipinski definition) is 5. The Morgan fingerprint density at radius 3 is 2.90 bits per heavy atom. The minimum atomic E-state index is -0.257. The maximum absolute atomic E-state index is 12.2. The first kappa shape index (κ1) is 19.3. The molecule has 2 N–H and O–H groups in total. The lowest BCUT2D eigenvalue weighted by molar-refractivity contribution is -0.118. The van der Waals surface area contributed by atoms with Gasteiger partial charge in [-0.1, -0.05) is 6.07 Å². The zero-order valence-corrected chi connectivity index (χ0v) is 16.1. The number of hydrogen-bond donors (Lipinski definition) is 2. The highest BCUT2D eigenvalue weighted by Gasteiger charge is 2.17. The first-order valence-corrected chi connectivity index (χ1v) is 9.85. The fraction of sp³-hybridized carbons (Fsp3) is 0.364. The second kappa shape index (κ2) is 8.96. The predicted molar refractivity (Wildman–Crippen MR) is 108 cm³/mol. The van der Waals surface area contributed by atoms with Gasteiger partial charge in [0.05, 0.1) is 6.10 Å². The van der Waals surface area contributed by atoms with Crippen molar-refractivity contribution < 1.29 is 23.8 Å². The lowest BCUT2D eigenvalue weighted by Crippen LogP contribution is -2.21. The third-order valence-corrected chi connectivity index (χ3v) is 4.92. The van der Waals surface area contributed by atoms with E-state index in [4.69, 9.17) is 14.2 Å². The average molecular weight is 396 g/mol. The highest BCUT2D eigenvalue weighted by Crippen LogP contribution is 2.27. The molecule has 2 aliphatic heterocycles. The van der Waals surface area contributed by atoms with Crippen LogP contribution in [-0.4, -0.2) is 37.7 Å². The normalized spacial score (nSPS) is 17.9. The summed E-state index contributed by atoms with van der Waals surface area (Å²) in [6, 6.07) is 12.7. The standard InChI is InChI=1S/C22H24N2O5/c25-21-9-6-15-11-18(7-8-20(15)24-21)29-14-22(26)23-16-3-1-4-17(12-16)28-13-19-5-2-10-27-19/h1,3-4,7-8,11-12,19H,2,5-6,9-10,13-14H2,(H,23,26)(H,24,25)/t19-/m0/s1. The largest absolute Gasteiger partial charge is 0.491 e. The first-order chi connectivity index (χ1) is 14.2. The third-order valence-electron chi connectivity index (χ3n) is 4.92. The molecule has 152 valence electrons. The zero-order valence-electron chi connectivity index (χ0n) is 16.1. The fourth-order valence-corrected chi connectivity index (χ4v) is 3.42. The van der Waals surface area contributed by atoms with Crippen LogP contribution in [0.15, 0.2) is 42.5 Å². The van der Waals surface area contributed by atoms with Gasteiger partial charge in [-0.15, -0.1) is 0 Å². The molecule has 29 heavy (non-hydrogen) atoms. The van der Waals surface area contributed by atoms with Crippen LogP contribution in [0.3, 0.4) is 0 Å². The third kappa shape index (κ3) is 5.26. The number of carbonyl (C=O) groups is 2. The van der Waals surface area contributed by atoms with E-state index >= 15 is 0 Å². The number of anilines is 2. The van der Waals surface area contributed by atoms with E-state index in [1.54, 1.807) is 24.3 Å². The SMILES string of the molecule is O=C(COc1ccc2c(c1)CCC(=O)N2)Nc1cccc(OC[C@@H]2CCCO2)c1. The molecule has 0 saturated carbocycles. The lowest BCUT2D eigenvalue weighted by atomic mass is 10.0. The molecule has 0 radical (unpaired) electrons. The van der Waals surface area contributed by atoms with E-state index in [1.807, 2.05) is 18.2 Å². The first-order valence-electron chi connectivity index (χ1n) is 9.85. The lowest BCUT2D eigenvalue weighted by Gasteiger charge is -2.17. The molecule has 0 spiro atoms. The number of nitrogens with one attached hydrogen (secondary N) is 2. The van der Waals surface area contributed by atoms with Gasteiger partial charge in [0, 0.05) is 30.5 Å². The van der Waals surface area contributed by atoms with Gasteiger partial charge in [0.25, 0.3) is 5.91 Å². The van der Waals surface area contributed by atoms with Crippen molar-refractivity contribution in [3.05, 3.63) is 48.0 Å². The van der Waals surface area contributed by atoms with Crippen LogP contribution in [0.1, 0.15) is 24.8 Å². The molecule has 1 fully saturated rings. The number of aryl methyl sites for hydroxylation is 1. The Bertz CT molecular complexity index is 893. The summed E-state index contributed by atoms with van der Waals surface area (Å²) >= 11 is 0. The van der Waals surface area contributed by atoms with Crippen molar-refractivity contribution in [2.45, 2.75) is 31.8 Å². The Morgan fingerprint density at radius 1 is 1.14 bits per heavy atom. The van der Waals surface area contributed by atoms with E-state index in [2.05, 4.69) is 10.6 Å². The molecule has 2 heterocycles. The molecule has 4 rings (SSSR count). The number of carbonyl (C=O) groups excluding carboxylic acids is 2. The molecule has 2 aromatic rings. The van der Waals surface area contributed by atoms with Crippen LogP contribution >= 0.6 is 0 Å². The minimum absolute atomic E-state index is 0.0209. The van der Waals surface area contributed by atoms with Crippen LogP contribution in [0.4, 0.5) is 11.4 Å². The summed E-state index contributed by atoms with van der Waals surface area (Å²) in [5, 5.41) is 5.64. The molecule has 1 saturated heterocycles. The van der Waals surface area contributed by atoms with E-state index in [0.29, 0.717) is 36.6 Å². The van der Waals surface area contributed by atoms with Crippen molar-refractivity contribution in [3.63, 3.8) is 0 Å². The van der Waals surface area contributed by atoms with Gasteiger partial charge in [0.2, 0.25) is 5.91 Å². The van der Waals surface area contributed by atoms with Crippen molar-refractivity contribution in [3.8, 4) is 11.5 Å². The monoisotopic (exact) mass is 396 g/mol. The van der Waals surface area contributed by atoms with Crippen LogP contribution in [0.2, 0.25) is 0 Å². The summed E-state index contributed by atoms with van der Waals surface area (Å²) < 4.78 is 16.9. The van der Waals surface area contributed by atoms with Crippen molar-refractivity contribution in [1.29, 1.82) is 0 Å². The molecular formula is C22H24N2O5. The summed E-state index contributed by atoms with van der Waals surface area (Å²) in [4.78, 5) is 23.7. The van der Waals surface area contributed by atoms with Gasteiger partial charge in [0.1, 0.15) is 18.1 Å². The molecule has 2 amide bonds. The molecule has 2 aromatic carbocycles. The van der Waals surface area contributed by atoms with Crippen molar-refractivity contribution >= 4 is 23.2 Å². The molecule has 0 bridgehead atoms. The van der Waals surface area contributed by atoms with Gasteiger partial charge in [-0.05, 0) is 55.2 Å². The Labute approximate surface area is 169 Å². The number of rotatable bonds is 7. The number of fused-ring (bicyclic) bond motifs is 1. The smallest absolute Gasteiger partial charge is 0.262 e. The van der Waals surface area contributed by atoms with E-state index in [1.165, 1.54) is 0 Å². The molecule has 7 heteroatoms. The Kier molecular flexibility index (Phi) is 5.95. The molecule has 0 aliphatic carbocycles. The van der Waals surface area contributed by atoms with Gasteiger partial charge in [-0.2, -0.15) is 0 Å². The molecule has 2 aliphatic rings. The van der Waals surface area contributed by atoms with Gasteiger partial charge in [-0.3, -0.25) is 9.59 Å². The van der Waals surface area contributed by atoms with E-state index in [-0.39, 0.29) is 24.5 Å². The summed E-state index contributed by atoms with van der Waals surface area (Å²) in [6.07, 6.45) is 3.36. The zero-order chi connectivity index (χ0) is 20.1. The van der Waals surface area contributed by atoms with Crippen LogP contribution < -0.4 is 20.1 Å². The summed E-state index contributed by atoms with van der Waals surface area (Å²) in [5.74, 6) is 1.06. The molecular weight excluding hydrogens is 372 g/mol. The highest BCUT2D eigenvalue weighted by atomic mass is 16.5. The predicted octanol–water partition coefficient (Wildman–Crippen LogP) is 3.15. The van der Waals surface area contributed by atoms with Crippen molar-refractivity contribution in [2.75, 3.05) is 30.5 Å². The van der Waals surface area contributed by atoms with Gasteiger partial charge >= 0.3 is 0 Å². The van der Waals surface area contributed by atoms with Crippen LogP contribution in [0, 0.1) is 0 Å².